The smallest absolute Gasteiger partial charge is 0.280 e. The van der Waals surface area contributed by atoms with Crippen molar-refractivity contribution in [1.29, 1.82) is 0 Å². The summed E-state index contributed by atoms with van der Waals surface area (Å²) in [4.78, 5) is 61.0. The minimum atomic E-state index is -0.677. The molecule has 0 unspecified atom stereocenters. The minimum absolute atomic E-state index is 0.00746. The number of hydrogen-bond donors (Lipinski definition) is 2. The van der Waals surface area contributed by atoms with Gasteiger partial charge < -0.3 is 19.7 Å². The van der Waals surface area contributed by atoms with Gasteiger partial charge in [-0.3, -0.25) is 44.7 Å². The molecule has 0 aromatic heterocycles. The Balaban J connectivity index is 0.000000334. The first-order valence-electron chi connectivity index (χ1n) is 12.8. The van der Waals surface area contributed by atoms with E-state index in [1.165, 1.54) is 36.4 Å². The van der Waals surface area contributed by atoms with E-state index in [0.29, 0.717) is 50.0 Å². The number of hydrogen-bond acceptors (Lipinski definition) is 13. The zero-order valence-corrected chi connectivity index (χ0v) is 23.4. The third-order valence-electron chi connectivity index (χ3n) is 5.32. The lowest BCUT2D eigenvalue weighted by Gasteiger charge is -2.05. The first-order valence-corrected chi connectivity index (χ1v) is 12.8. The van der Waals surface area contributed by atoms with Crippen molar-refractivity contribution in [2.75, 3.05) is 19.8 Å². The fourth-order valence-electron chi connectivity index (χ4n) is 3.16. The van der Waals surface area contributed by atoms with Gasteiger partial charge in [0, 0.05) is 31.2 Å². The Hall–Kier alpha value is -5.77. The molecule has 0 spiro atoms. The van der Waals surface area contributed by atoms with E-state index in [4.69, 9.17) is 19.7 Å². The maximum atomic E-state index is 10.7. The Morgan fingerprint density at radius 3 is 1.41 bits per heavy atom. The van der Waals surface area contributed by atoms with Gasteiger partial charge in [0.05, 0.1) is 44.7 Å². The van der Waals surface area contributed by atoms with Crippen molar-refractivity contribution < 1.29 is 48.8 Å². The van der Waals surface area contributed by atoms with Gasteiger partial charge in [-0.05, 0) is 42.8 Å². The van der Waals surface area contributed by atoms with Crippen molar-refractivity contribution in [3.8, 4) is 17.2 Å². The second-order valence-electron chi connectivity index (χ2n) is 8.44. The number of phenols is 1. The van der Waals surface area contributed by atoms with E-state index in [1.807, 2.05) is 6.92 Å². The number of rotatable bonds is 14. The van der Waals surface area contributed by atoms with Crippen molar-refractivity contribution in [1.82, 2.24) is 0 Å². The van der Waals surface area contributed by atoms with Gasteiger partial charge in [-0.15, -0.1) is 0 Å². The van der Waals surface area contributed by atoms with Crippen molar-refractivity contribution in [3.63, 3.8) is 0 Å². The van der Waals surface area contributed by atoms with E-state index in [9.17, 15) is 44.7 Å². The normalized spacial score (nSPS) is 9.68. The van der Waals surface area contributed by atoms with E-state index >= 15 is 0 Å². The second-order valence-corrected chi connectivity index (χ2v) is 8.44. The average Bonchev–Trinajstić information content (AvgIpc) is 3.01. The van der Waals surface area contributed by atoms with Crippen LogP contribution in [0, 0.1) is 30.3 Å². The van der Waals surface area contributed by atoms with Gasteiger partial charge in [0.25, 0.3) is 17.1 Å². The lowest BCUT2D eigenvalue weighted by molar-refractivity contribution is -0.385. The molecule has 0 atom stereocenters. The Labute approximate surface area is 249 Å². The number of aromatic hydroxyl groups is 1. The van der Waals surface area contributed by atoms with E-state index in [2.05, 4.69) is 0 Å². The molecule has 44 heavy (non-hydrogen) atoms. The number of aliphatic hydroxyl groups excluding tert-OH is 1. The highest BCUT2D eigenvalue weighted by Gasteiger charge is 2.15. The van der Waals surface area contributed by atoms with Gasteiger partial charge in [-0.2, -0.15) is 0 Å². The molecule has 0 saturated heterocycles. The predicted octanol–water partition coefficient (Wildman–Crippen LogP) is 4.87. The largest absolute Gasteiger partial charge is 0.508 e. The number of phenolic OH excluding ortho intramolecular Hbond substituents is 1. The molecule has 234 valence electrons. The van der Waals surface area contributed by atoms with E-state index in [-0.39, 0.29) is 46.1 Å². The molecule has 0 aliphatic heterocycles. The van der Waals surface area contributed by atoms with Crippen LogP contribution in [0.5, 0.6) is 17.2 Å². The molecule has 0 aliphatic carbocycles. The van der Waals surface area contributed by atoms with Crippen LogP contribution in [0.3, 0.4) is 0 Å². The summed E-state index contributed by atoms with van der Waals surface area (Å²) in [6.45, 7) is 2.89. The highest BCUT2D eigenvalue weighted by molar-refractivity contribution is 5.83. The number of aldehydes is 3. The average molecular weight is 616 g/mol. The molecule has 3 rings (SSSR count). The molecule has 2 N–H and O–H groups in total. The van der Waals surface area contributed by atoms with Crippen molar-refractivity contribution in [3.05, 3.63) is 102 Å². The Morgan fingerprint density at radius 2 is 1.05 bits per heavy atom. The van der Waals surface area contributed by atoms with Crippen LogP contribution in [0.2, 0.25) is 0 Å². The molecule has 0 fully saturated rings. The molecular formula is C28H29N3O13. The molecule has 0 heterocycles. The molecule has 0 amide bonds. The molecule has 16 heteroatoms. The van der Waals surface area contributed by atoms with E-state index in [1.54, 1.807) is 0 Å². The maximum absolute atomic E-state index is 10.7. The van der Waals surface area contributed by atoms with E-state index in [0.717, 1.165) is 31.0 Å². The monoisotopic (exact) mass is 615 g/mol. The van der Waals surface area contributed by atoms with Crippen LogP contribution < -0.4 is 9.47 Å². The summed E-state index contributed by atoms with van der Waals surface area (Å²) in [7, 11) is 0. The first-order chi connectivity index (χ1) is 21.0. The number of benzene rings is 3. The number of carbonyl (C=O) groups is 3. The molecule has 3 aromatic carbocycles. The second kappa shape index (κ2) is 19.4. The Kier molecular flexibility index (Phi) is 16.0. The third kappa shape index (κ3) is 12.0. The van der Waals surface area contributed by atoms with Crippen LogP contribution in [-0.2, 0) is 0 Å². The summed E-state index contributed by atoms with van der Waals surface area (Å²) in [6, 6.07) is 11.4. The molecule has 0 bridgehead atoms. The van der Waals surface area contributed by atoms with Gasteiger partial charge in [0.2, 0.25) is 0 Å². The van der Waals surface area contributed by atoms with Crippen LogP contribution in [0.4, 0.5) is 17.1 Å². The third-order valence-corrected chi connectivity index (χ3v) is 5.32. The standard InChI is InChI=1S/C11H13NO4.C10H11NO5.C7H5NO4/c1-2-3-6-16-10-4-5-11(12(14)15)9(7-10)8-13;12-4-1-5-16-9-2-3-10(11(14)15)8(6-9)7-13;9-4-5-3-6(10)1-2-7(5)8(11)12/h4-5,7-8H,2-3,6H2,1H3;2-3,6-7,12H,1,4-5H2;1-4,10H. The molecular weight excluding hydrogens is 586 g/mol. The summed E-state index contributed by atoms with van der Waals surface area (Å²) in [6.07, 6.45) is 3.59. The van der Waals surface area contributed by atoms with Crippen molar-refractivity contribution in [2.24, 2.45) is 0 Å². The summed E-state index contributed by atoms with van der Waals surface area (Å²) < 4.78 is 10.5. The lowest BCUT2D eigenvalue weighted by Crippen LogP contribution is -2.01. The summed E-state index contributed by atoms with van der Waals surface area (Å²) >= 11 is 0. The summed E-state index contributed by atoms with van der Waals surface area (Å²) in [5.74, 6) is 0.699. The van der Waals surface area contributed by atoms with E-state index < -0.39 is 14.8 Å². The lowest BCUT2D eigenvalue weighted by atomic mass is 10.2. The highest BCUT2D eigenvalue weighted by atomic mass is 16.6. The van der Waals surface area contributed by atoms with Gasteiger partial charge in [-0.1, -0.05) is 13.3 Å². The van der Waals surface area contributed by atoms with Gasteiger partial charge in [-0.25, -0.2) is 0 Å². The molecule has 16 nitrogen and oxygen atoms in total. The van der Waals surface area contributed by atoms with Crippen molar-refractivity contribution >= 4 is 35.9 Å². The Morgan fingerprint density at radius 1 is 0.659 bits per heavy atom. The van der Waals surface area contributed by atoms with Crippen molar-refractivity contribution in [2.45, 2.75) is 26.2 Å². The molecule has 0 radical (unpaired) electrons. The number of nitro benzene ring substituents is 3. The molecule has 0 aliphatic rings. The van der Waals surface area contributed by atoms with Gasteiger partial charge >= 0.3 is 0 Å². The number of ether oxygens (including phenoxy) is 2. The van der Waals surface area contributed by atoms with Crippen LogP contribution in [0.15, 0.2) is 54.6 Å². The SMILES string of the molecule is CCCCOc1ccc([N+](=O)[O-])c(C=O)c1.O=Cc1cc(O)ccc1[N+](=O)[O-].O=Cc1cc(OCCCO)ccc1[N+](=O)[O-]. The highest BCUT2D eigenvalue weighted by Crippen LogP contribution is 2.24. The zero-order chi connectivity index (χ0) is 33.1. The zero-order valence-electron chi connectivity index (χ0n) is 23.4. The van der Waals surface area contributed by atoms with Gasteiger partial charge in [0.15, 0.2) is 18.9 Å². The van der Waals surface area contributed by atoms with Gasteiger partial charge in [0.1, 0.15) is 17.2 Å². The topological polar surface area (TPSA) is 240 Å². The number of aliphatic hydroxyl groups is 1. The number of unbranched alkanes of at least 4 members (excludes halogenated alkanes) is 1. The number of nitro groups is 3. The number of nitrogens with zero attached hydrogens (tertiary/aromatic N) is 3. The Bertz CT molecular complexity index is 1390. The number of carbonyl (C=O) groups excluding carboxylic acids is 3. The summed E-state index contributed by atoms with van der Waals surface area (Å²) in [5, 5.41) is 48.7. The maximum Gasteiger partial charge on any atom is 0.280 e. The van der Waals surface area contributed by atoms with Crippen LogP contribution >= 0.6 is 0 Å². The first kappa shape index (κ1) is 36.3. The minimum Gasteiger partial charge on any atom is -0.508 e. The fourth-order valence-corrected chi connectivity index (χ4v) is 3.16. The molecule has 3 aromatic rings. The quantitative estimate of drug-likeness (QED) is 0.107. The van der Waals surface area contributed by atoms with Crippen LogP contribution in [-0.4, -0.2) is 63.7 Å². The van der Waals surface area contributed by atoms with Crippen LogP contribution in [0.1, 0.15) is 57.3 Å². The fraction of sp³-hybridized carbons (Fsp3) is 0.250. The predicted molar refractivity (Wildman–Crippen MR) is 155 cm³/mol. The van der Waals surface area contributed by atoms with Crippen LogP contribution in [0.25, 0.3) is 0 Å². The summed E-state index contributed by atoms with van der Waals surface area (Å²) in [5.41, 5.74) is -0.851. The molecule has 0 saturated carbocycles.